The summed E-state index contributed by atoms with van der Waals surface area (Å²) in [6, 6.07) is 0. The van der Waals surface area contributed by atoms with Crippen molar-refractivity contribution in [1.29, 1.82) is 0 Å². The van der Waals surface area contributed by atoms with Crippen molar-refractivity contribution in [3.63, 3.8) is 0 Å². The van der Waals surface area contributed by atoms with Crippen molar-refractivity contribution in [3.05, 3.63) is 0 Å². The van der Waals surface area contributed by atoms with E-state index in [1.165, 1.54) is 32.1 Å². The molecule has 2 heteroatoms. The summed E-state index contributed by atoms with van der Waals surface area (Å²) in [4.78, 5) is 2.49. The van der Waals surface area contributed by atoms with Crippen molar-refractivity contribution < 1.29 is 0 Å². The summed E-state index contributed by atoms with van der Waals surface area (Å²) in [6.07, 6.45) is 6.71. The molecule has 0 heterocycles. The Labute approximate surface area is 88.8 Å². The van der Waals surface area contributed by atoms with Gasteiger partial charge in [-0.2, -0.15) is 0 Å². The van der Waals surface area contributed by atoms with E-state index in [0.29, 0.717) is 5.54 Å². The second kappa shape index (κ2) is 5.13. The van der Waals surface area contributed by atoms with Crippen LogP contribution < -0.4 is 5.73 Å². The molecule has 0 saturated heterocycles. The van der Waals surface area contributed by atoms with Gasteiger partial charge in [0.05, 0.1) is 0 Å². The van der Waals surface area contributed by atoms with E-state index in [4.69, 9.17) is 5.73 Å². The predicted octanol–water partition coefficient (Wildman–Crippen LogP) is 2.24. The zero-order chi connectivity index (χ0) is 10.6. The molecular formula is C12H26N2. The highest BCUT2D eigenvalue weighted by molar-refractivity contribution is 4.98. The summed E-state index contributed by atoms with van der Waals surface area (Å²) in [6.45, 7) is 6.49. The fraction of sp³-hybridized carbons (Fsp3) is 1.00. The fourth-order valence-corrected chi connectivity index (χ4v) is 3.12. The lowest BCUT2D eigenvalue weighted by atomic mass is 9.70. The Morgan fingerprint density at radius 1 is 1.36 bits per heavy atom. The SMILES string of the molecule is CCC1CCCCC1(CN)N(C)CC. The molecule has 2 N–H and O–H groups in total. The summed E-state index contributed by atoms with van der Waals surface area (Å²) >= 11 is 0. The van der Waals surface area contributed by atoms with Crippen LogP contribution in [-0.2, 0) is 0 Å². The number of likely N-dealkylation sites (N-methyl/N-ethyl adjacent to an activating group) is 1. The van der Waals surface area contributed by atoms with Gasteiger partial charge in [0.25, 0.3) is 0 Å². The molecule has 1 fully saturated rings. The van der Waals surface area contributed by atoms with E-state index < -0.39 is 0 Å². The van der Waals surface area contributed by atoms with Gasteiger partial charge in [-0.05, 0) is 32.4 Å². The summed E-state index contributed by atoms with van der Waals surface area (Å²) in [7, 11) is 2.24. The van der Waals surface area contributed by atoms with Crippen LogP contribution in [0.5, 0.6) is 0 Å². The van der Waals surface area contributed by atoms with Crippen LogP contribution in [0.3, 0.4) is 0 Å². The first-order valence-corrected chi connectivity index (χ1v) is 6.12. The monoisotopic (exact) mass is 198 g/mol. The normalized spacial score (nSPS) is 33.6. The van der Waals surface area contributed by atoms with Crippen molar-refractivity contribution in [1.82, 2.24) is 4.90 Å². The number of hydrogen-bond donors (Lipinski definition) is 1. The van der Waals surface area contributed by atoms with Crippen LogP contribution in [0.2, 0.25) is 0 Å². The third-order valence-corrected chi connectivity index (χ3v) is 4.25. The number of nitrogens with zero attached hydrogens (tertiary/aromatic N) is 1. The Bertz CT molecular complexity index is 170. The van der Waals surface area contributed by atoms with E-state index in [-0.39, 0.29) is 0 Å². The molecule has 0 spiro atoms. The van der Waals surface area contributed by atoms with Crippen LogP contribution in [0, 0.1) is 5.92 Å². The molecule has 0 amide bonds. The van der Waals surface area contributed by atoms with Crippen molar-refractivity contribution in [2.45, 2.75) is 51.5 Å². The first-order valence-electron chi connectivity index (χ1n) is 6.12. The standard InChI is InChI=1S/C12H26N2/c1-4-11-8-6-7-9-12(11,10-13)14(3)5-2/h11H,4-10,13H2,1-3H3. The molecule has 1 saturated carbocycles. The maximum Gasteiger partial charge on any atom is 0.0356 e. The van der Waals surface area contributed by atoms with Crippen LogP contribution in [0.15, 0.2) is 0 Å². The lowest BCUT2D eigenvalue weighted by Crippen LogP contribution is -2.58. The molecule has 0 bridgehead atoms. The molecule has 2 nitrogen and oxygen atoms in total. The van der Waals surface area contributed by atoms with Gasteiger partial charge in [-0.15, -0.1) is 0 Å². The van der Waals surface area contributed by atoms with E-state index in [1.54, 1.807) is 0 Å². The zero-order valence-corrected chi connectivity index (χ0v) is 10.1. The van der Waals surface area contributed by atoms with Gasteiger partial charge in [0, 0.05) is 12.1 Å². The molecular weight excluding hydrogens is 172 g/mol. The molecule has 0 aromatic rings. The van der Waals surface area contributed by atoms with Crippen LogP contribution in [0.1, 0.15) is 46.0 Å². The second-order valence-corrected chi connectivity index (χ2v) is 4.67. The smallest absolute Gasteiger partial charge is 0.0356 e. The van der Waals surface area contributed by atoms with Crippen molar-refractivity contribution >= 4 is 0 Å². The highest BCUT2D eigenvalue weighted by Crippen LogP contribution is 2.38. The Morgan fingerprint density at radius 2 is 2.07 bits per heavy atom. The molecule has 2 unspecified atom stereocenters. The summed E-state index contributed by atoms with van der Waals surface area (Å²) in [5, 5.41) is 0. The van der Waals surface area contributed by atoms with E-state index in [9.17, 15) is 0 Å². The van der Waals surface area contributed by atoms with Gasteiger partial charge in [-0.25, -0.2) is 0 Å². The largest absolute Gasteiger partial charge is 0.329 e. The number of nitrogens with two attached hydrogens (primary N) is 1. The van der Waals surface area contributed by atoms with Gasteiger partial charge in [0.1, 0.15) is 0 Å². The molecule has 1 aliphatic carbocycles. The lowest BCUT2D eigenvalue weighted by molar-refractivity contribution is 0.0273. The van der Waals surface area contributed by atoms with E-state index in [2.05, 4.69) is 25.8 Å². The minimum atomic E-state index is 0.307. The maximum atomic E-state index is 6.04. The molecule has 14 heavy (non-hydrogen) atoms. The average Bonchev–Trinajstić information content (AvgIpc) is 2.27. The quantitative estimate of drug-likeness (QED) is 0.750. The van der Waals surface area contributed by atoms with E-state index in [0.717, 1.165) is 19.0 Å². The van der Waals surface area contributed by atoms with Crippen LogP contribution in [0.25, 0.3) is 0 Å². The number of rotatable bonds is 4. The first-order chi connectivity index (χ1) is 6.71. The van der Waals surface area contributed by atoms with Gasteiger partial charge < -0.3 is 5.73 Å². The molecule has 0 aromatic heterocycles. The Balaban J connectivity index is 2.81. The van der Waals surface area contributed by atoms with E-state index in [1.807, 2.05) is 0 Å². The van der Waals surface area contributed by atoms with Crippen LogP contribution in [0.4, 0.5) is 0 Å². The molecule has 0 aromatic carbocycles. The van der Waals surface area contributed by atoms with Gasteiger partial charge in [0.2, 0.25) is 0 Å². The van der Waals surface area contributed by atoms with Crippen molar-refractivity contribution in [3.8, 4) is 0 Å². The van der Waals surface area contributed by atoms with Crippen molar-refractivity contribution in [2.75, 3.05) is 20.1 Å². The zero-order valence-electron chi connectivity index (χ0n) is 10.1. The van der Waals surface area contributed by atoms with Gasteiger partial charge >= 0.3 is 0 Å². The van der Waals surface area contributed by atoms with Gasteiger partial charge in [0.15, 0.2) is 0 Å². The van der Waals surface area contributed by atoms with E-state index >= 15 is 0 Å². The average molecular weight is 198 g/mol. The minimum absolute atomic E-state index is 0.307. The maximum absolute atomic E-state index is 6.04. The minimum Gasteiger partial charge on any atom is -0.329 e. The highest BCUT2D eigenvalue weighted by Gasteiger charge is 2.40. The second-order valence-electron chi connectivity index (χ2n) is 4.67. The van der Waals surface area contributed by atoms with Crippen LogP contribution >= 0.6 is 0 Å². The summed E-state index contributed by atoms with van der Waals surface area (Å²) in [5.41, 5.74) is 6.35. The third kappa shape index (κ3) is 1.96. The Morgan fingerprint density at radius 3 is 2.57 bits per heavy atom. The topological polar surface area (TPSA) is 29.3 Å². The van der Waals surface area contributed by atoms with Crippen molar-refractivity contribution in [2.24, 2.45) is 11.7 Å². The first kappa shape index (κ1) is 12.0. The van der Waals surface area contributed by atoms with Gasteiger partial charge in [-0.1, -0.05) is 33.1 Å². The molecule has 0 aliphatic heterocycles. The fourth-order valence-electron chi connectivity index (χ4n) is 3.12. The molecule has 2 atom stereocenters. The molecule has 84 valence electrons. The third-order valence-electron chi connectivity index (χ3n) is 4.25. The summed E-state index contributed by atoms with van der Waals surface area (Å²) in [5.74, 6) is 0.811. The summed E-state index contributed by atoms with van der Waals surface area (Å²) < 4.78 is 0. The Kier molecular flexibility index (Phi) is 4.39. The number of hydrogen-bond acceptors (Lipinski definition) is 2. The predicted molar refractivity (Wildman–Crippen MR) is 62.3 cm³/mol. The molecule has 1 aliphatic rings. The molecule has 0 radical (unpaired) electrons. The van der Waals surface area contributed by atoms with Gasteiger partial charge in [-0.3, -0.25) is 4.90 Å². The highest BCUT2D eigenvalue weighted by atomic mass is 15.2. The van der Waals surface area contributed by atoms with Crippen LogP contribution in [-0.4, -0.2) is 30.6 Å². The lowest BCUT2D eigenvalue weighted by Gasteiger charge is -2.49. The molecule has 1 rings (SSSR count). The Hall–Kier alpha value is -0.0800.